The predicted octanol–water partition coefficient (Wildman–Crippen LogP) is 3.37. The third kappa shape index (κ3) is 3.71. The Morgan fingerprint density at radius 2 is 1.78 bits per heavy atom. The largest absolute Gasteiger partial charge is 0.365 e. The van der Waals surface area contributed by atoms with E-state index in [1.165, 1.54) is 5.56 Å². The maximum absolute atomic E-state index is 11.6. The quantitative estimate of drug-likeness (QED) is 0.774. The minimum atomic E-state index is -0.103. The van der Waals surface area contributed by atoms with Crippen molar-refractivity contribution in [1.29, 1.82) is 0 Å². The average molecular weight is 364 g/mol. The summed E-state index contributed by atoms with van der Waals surface area (Å²) in [5.74, 6) is -0.00677. The van der Waals surface area contributed by atoms with Gasteiger partial charge in [-0.3, -0.25) is 4.79 Å². The first-order chi connectivity index (χ1) is 13.0. The Hall–Kier alpha value is -2.73. The van der Waals surface area contributed by atoms with E-state index in [-0.39, 0.29) is 24.2 Å². The molecule has 6 nitrogen and oxygen atoms in total. The van der Waals surface area contributed by atoms with Gasteiger partial charge in [-0.05, 0) is 43.0 Å². The molecule has 0 saturated carbocycles. The van der Waals surface area contributed by atoms with E-state index in [9.17, 15) is 4.79 Å². The fourth-order valence-corrected chi connectivity index (χ4v) is 3.80. The van der Waals surface area contributed by atoms with Crippen molar-refractivity contribution in [3.05, 3.63) is 59.2 Å². The number of ether oxygens (including phenoxy) is 1. The summed E-state index contributed by atoms with van der Waals surface area (Å²) in [4.78, 5) is 11.6. The number of carbonyl (C=O) groups excluding carboxylic acids is 1. The van der Waals surface area contributed by atoms with Crippen molar-refractivity contribution in [2.75, 3.05) is 0 Å². The lowest BCUT2D eigenvalue weighted by atomic mass is 9.91. The van der Waals surface area contributed by atoms with Gasteiger partial charge in [-0.25, -0.2) is 4.68 Å². The molecule has 2 heterocycles. The summed E-state index contributed by atoms with van der Waals surface area (Å²) in [6.45, 7) is 3.64. The van der Waals surface area contributed by atoms with Gasteiger partial charge in [0, 0.05) is 20.0 Å². The number of nitrogens with one attached hydrogen (secondary N) is 1. The average Bonchev–Trinajstić information content (AvgIpc) is 3.02. The van der Waals surface area contributed by atoms with Gasteiger partial charge in [0.05, 0.1) is 17.7 Å². The van der Waals surface area contributed by atoms with Crippen LogP contribution in [-0.2, 0) is 16.6 Å². The van der Waals surface area contributed by atoms with Gasteiger partial charge in [0.2, 0.25) is 5.91 Å². The third-order valence-electron chi connectivity index (χ3n) is 5.19. The van der Waals surface area contributed by atoms with Crippen molar-refractivity contribution in [3.8, 4) is 0 Å². The molecule has 0 bridgehead atoms. The van der Waals surface area contributed by atoms with Crippen LogP contribution in [0.25, 0.3) is 11.0 Å². The Kier molecular flexibility index (Phi) is 4.66. The molecule has 3 atom stereocenters. The summed E-state index contributed by atoms with van der Waals surface area (Å²) in [7, 11) is 1.88. The lowest BCUT2D eigenvalue weighted by molar-refractivity contribution is -0.122. The van der Waals surface area contributed by atoms with Crippen LogP contribution in [0.2, 0.25) is 0 Å². The molecule has 27 heavy (non-hydrogen) atoms. The van der Waals surface area contributed by atoms with Gasteiger partial charge in [-0.1, -0.05) is 41.1 Å². The molecule has 0 radical (unpaired) electrons. The molecule has 1 aromatic heterocycles. The molecule has 0 unspecified atom stereocenters. The van der Waals surface area contributed by atoms with Crippen LogP contribution in [0.15, 0.2) is 42.5 Å². The fraction of sp³-hybridized carbons (Fsp3) is 0.381. The molecule has 140 valence electrons. The molecule has 1 amide bonds. The number of hydrogen-bond acceptors (Lipinski definition) is 4. The summed E-state index contributed by atoms with van der Waals surface area (Å²) in [5.41, 5.74) is 5.27. The van der Waals surface area contributed by atoms with Crippen LogP contribution < -0.4 is 5.32 Å². The summed E-state index contributed by atoms with van der Waals surface area (Å²) in [6, 6.07) is 14.6. The molecule has 1 aliphatic rings. The number of hydrogen-bond donors (Lipinski definition) is 1. The second kappa shape index (κ2) is 7.12. The number of aromatic nitrogens is 3. The molecular formula is C21H24N4O2. The molecule has 4 rings (SSSR count). The number of benzene rings is 2. The Morgan fingerprint density at radius 3 is 2.48 bits per heavy atom. The van der Waals surface area contributed by atoms with Crippen molar-refractivity contribution >= 4 is 16.9 Å². The van der Waals surface area contributed by atoms with E-state index in [0.29, 0.717) is 0 Å². The molecule has 2 aromatic carbocycles. The SMILES string of the molecule is CC(=O)N[C@H]1C[C@@H](c2ccc3c(c2)nnn3C)O[C@@H](c2ccc(C)cc2)C1. The lowest BCUT2D eigenvalue weighted by Crippen LogP contribution is -2.39. The minimum absolute atomic E-state index is 0.00677. The maximum atomic E-state index is 11.6. The number of carbonyl (C=O) groups is 1. The molecule has 3 aromatic rings. The van der Waals surface area contributed by atoms with Gasteiger partial charge in [-0.15, -0.1) is 5.10 Å². The van der Waals surface area contributed by atoms with E-state index in [2.05, 4.69) is 52.9 Å². The van der Waals surface area contributed by atoms with Gasteiger partial charge >= 0.3 is 0 Å². The molecule has 0 spiro atoms. The van der Waals surface area contributed by atoms with E-state index in [4.69, 9.17) is 4.74 Å². The van der Waals surface area contributed by atoms with Gasteiger partial charge < -0.3 is 10.1 Å². The first-order valence-electron chi connectivity index (χ1n) is 9.28. The van der Waals surface area contributed by atoms with Crippen LogP contribution in [-0.4, -0.2) is 26.9 Å². The highest BCUT2D eigenvalue weighted by molar-refractivity contribution is 5.75. The maximum Gasteiger partial charge on any atom is 0.217 e. The van der Waals surface area contributed by atoms with Crippen molar-refractivity contribution in [1.82, 2.24) is 20.3 Å². The number of rotatable bonds is 3. The standard InChI is InChI=1S/C21H24N4O2/c1-13-4-6-15(7-5-13)20-11-17(22-14(2)26)12-21(27-20)16-8-9-19-18(10-16)23-24-25(19)3/h4-10,17,20-21H,11-12H2,1-3H3,(H,22,26)/t17-,20-,21+/m1/s1. The van der Waals surface area contributed by atoms with Crippen LogP contribution in [0, 0.1) is 6.92 Å². The zero-order valence-corrected chi connectivity index (χ0v) is 15.8. The highest BCUT2D eigenvalue weighted by Crippen LogP contribution is 2.39. The Balaban J connectivity index is 1.64. The molecule has 1 saturated heterocycles. The first kappa shape index (κ1) is 17.7. The van der Waals surface area contributed by atoms with Crippen LogP contribution in [0.1, 0.15) is 48.7 Å². The second-order valence-corrected chi connectivity index (χ2v) is 7.35. The normalized spacial score (nSPS) is 22.7. The molecular weight excluding hydrogens is 340 g/mol. The van der Waals surface area contributed by atoms with Gasteiger partial charge in [0.25, 0.3) is 0 Å². The van der Waals surface area contributed by atoms with Gasteiger partial charge in [-0.2, -0.15) is 0 Å². The van der Waals surface area contributed by atoms with E-state index in [1.807, 2.05) is 19.2 Å². The topological polar surface area (TPSA) is 69.0 Å². The van der Waals surface area contributed by atoms with Crippen LogP contribution in [0.4, 0.5) is 0 Å². The van der Waals surface area contributed by atoms with Gasteiger partial charge in [0.15, 0.2) is 0 Å². The minimum Gasteiger partial charge on any atom is -0.365 e. The zero-order valence-electron chi connectivity index (χ0n) is 15.8. The zero-order chi connectivity index (χ0) is 19.0. The van der Waals surface area contributed by atoms with Crippen LogP contribution >= 0.6 is 0 Å². The van der Waals surface area contributed by atoms with Gasteiger partial charge in [0.1, 0.15) is 5.52 Å². The Morgan fingerprint density at radius 1 is 1.11 bits per heavy atom. The lowest BCUT2D eigenvalue weighted by Gasteiger charge is -2.36. The predicted molar refractivity (Wildman–Crippen MR) is 103 cm³/mol. The molecule has 1 N–H and O–H groups in total. The number of aryl methyl sites for hydroxylation is 2. The fourth-order valence-electron chi connectivity index (χ4n) is 3.80. The van der Waals surface area contributed by atoms with Crippen molar-refractivity contribution < 1.29 is 9.53 Å². The molecule has 6 heteroatoms. The first-order valence-corrected chi connectivity index (χ1v) is 9.28. The Labute approximate surface area is 158 Å². The van der Waals surface area contributed by atoms with Crippen LogP contribution in [0.5, 0.6) is 0 Å². The monoisotopic (exact) mass is 364 g/mol. The highest BCUT2D eigenvalue weighted by atomic mass is 16.5. The van der Waals surface area contributed by atoms with E-state index in [1.54, 1.807) is 11.6 Å². The second-order valence-electron chi connectivity index (χ2n) is 7.35. The van der Waals surface area contributed by atoms with Crippen molar-refractivity contribution in [2.45, 2.75) is 44.9 Å². The summed E-state index contributed by atoms with van der Waals surface area (Å²) in [6.07, 6.45) is 1.35. The van der Waals surface area contributed by atoms with Crippen molar-refractivity contribution in [3.63, 3.8) is 0 Å². The number of nitrogens with zero attached hydrogens (tertiary/aromatic N) is 3. The summed E-state index contributed by atoms with van der Waals surface area (Å²) < 4.78 is 8.22. The van der Waals surface area contributed by atoms with E-state index in [0.717, 1.165) is 35.0 Å². The highest BCUT2D eigenvalue weighted by Gasteiger charge is 2.32. The van der Waals surface area contributed by atoms with E-state index >= 15 is 0 Å². The number of fused-ring (bicyclic) bond motifs is 1. The van der Waals surface area contributed by atoms with Crippen molar-refractivity contribution in [2.24, 2.45) is 7.05 Å². The van der Waals surface area contributed by atoms with E-state index < -0.39 is 0 Å². The molecule has 0 aliphatic carbocycles. The Bertz CT molecular complexity index is 964. The number of amides is 1. The molecule has 1 aliphatic heterocycles. The summed E-state index contributed by atoms with van der Waals surface area (Å²) >= 11 is 0. The summed E-state index contributed by atoms with van der Waals surface area (Å²) in [5, 5.41) is 11.4. The smallest absolute Gasteiger partial charge is 0.217 e. The van der Waals surface area contributed by atoms with Crippen LogP contribution in [0.3, 0.4) is 0 Å². The third-order valence-corrected chi connectivity index (χ3v) is 5.19. The molecule has 1 fully saturated rings.